The van der Waals surface area contributed by atoms with Crippen LogP contribution in [0.15, 0.2) is 55.1 Å². The van der Waals surface area contributed by atoms with Crippen molar-refractivity contribution in [2.24, 2.45) is 0 Å². The number of piperazine rings is 1. The Morgan fingerprint density at radius 3 is 2.55 bits per heavy atom. The molecule has 0 radical (unpaired) electrons. The van der Waals surface area contributed by atoms with Gasteiger partial charge in [-0.15, -0.1) is 0 Å². The Bertz CT molecular complexity index is 1410. The molecule has 0 aliphatic carbocycles. The minimum Gasteiger partial charge on any atom is -0.381 e. The second-order valence-corrected chi connectivity index (χ2v) is 10.3. The van der Waals surface area contributed by atoms with Crippen molar-refractivity contribution in [2.75, 3.05) is 26.2 Å². The minimum absolute atomic E-state index is 0.0380. The van der Waals surface area contributed by atoms with Crippen molar-refractivity contribution in [2.45, 2.75) is 25.1 Å². The SMILES string of the molecule is C[C@@H](N1CCN(C(=O)c2nc(-c3ccc(Cl)cc3)ns2)CC1)[C@](O)(Cn1cncn1)c1ccc(F)cc1F. The molecule has 13 heteroatoms. The molecular formula is C25H24ClF2N7O2S. The first kappa shape index (κ1) is 26.3. The predicted octanol–water partition coefficient (Wildman–Crippen LogP) is 3.46. The highest BCUT2D eigenvalue weighted by molar-refractivity contribution is 7.07. The van der Waals surface area contributed by atoms with Crippen molar-refractivity contribution in [1.82, 2.24) is 33.9 Å². The van der Waals surface area contributed by atoms with Crippen molar-refractivity contribution in [1.29, 1.82) is 0 Å². The van der Waals surface area contributed by atoms with E-state index in [2.05, 4.69) is 19.4 Å². The van der Waals surface area contributed by atoms with Crippen molar-refractivity contribution < 1.29 is 18.7 Å². The third-order valence-electron chi connectivity index (χ3n) is 6.82. The fraction of sp³-hybridized carbons (Fsp3) is 0.320. The Kier molecular flexibility index (Phi) is 7.48. The molecule has 0 bridgehead atoms. The molecule has 1 aliphatic heterocycles. The topological polar surface area (TPSA) is 100 Å². The van der Waals surface area contributed by atoms with Gasteiger partial charge in [-0.1, -0.05) is 17.7 Å². The minimum atomic E-state index is -1.75. The Labute approximate surface area is 226 Å². The van der Waals surface area contributed by atoms with Gasteiger partial charge in [0, 0.05) is 54.4 Å². The van der Waals surface area contributed by atoms with E-state index in [9.17, 15) is 18.7 Å². The molecule has 1 N–H and O–H groups in total. The molecule has 5 rings (SSSR count). The summed E-state index contributed by atoms with van der Waals surface area (Å²) in [6.07, 6.45) is 2.75. The number of amides is 1. The van der Waals surface area contributed by atoms with Gasteiger partial charge in [-0.2, -0.15) is 9.47 Å². The van der Waals surface area contributed by atoms with Crippen molar-refractivity contribution in [3.8, 4) is 11.4 Å². The summed E-state index contributed by atoms with van der Waals surface area (Å²) in [5.41, 5.74) is -1.02. The zero-order chi connectivity index (χ0) is 26.9. The van der Waals surface area contributed by atoms with Gasteiger partial charge in [0.15, 0.2) is 5.82 Å². The van der Waals surface area contributed by atoms with Crippen LogP contribution in [0.5, 0.6) is 0 Å². The van der Waals surface area contributed by atoms with Gasteiger partial charge in [-0.05, 0) is 48.8 Å². The molecule has 38 heavy (non-hydrogen) atoms. The van der Waals surface area contributed by atoms with Crippen LogP contribution in [0.4, 0.5) is 8.78 Å². The molecule has 0 saturated carbocycles. The number of benzene rings is 2. The maximum atomic E-state index is 14.9. The highest BCUT2D eigenvalue weighted by atomic mass is 35.5. The van der Waals surface area contributed by atoms with Crippen LogP contribution >= 0.6 is 23.1 Å². The standard InChI is InChI=1S/C25H24ClF2N7O2S/c1-16(25(37,13-35-15-29-14-30-35)20-7-6-19(27)12-21(20)28)33-8-10-34(11-9-33)24(36)23-31-22(32-38-23)17-2-4-18(26)5-3-17/h2-7,12,14-16,37H,8-11,13H2,1H3/t16-,25-/m1/s1. The van der Waals surface area contributed by atoms with E-state index >= 15 is 0 Å². The molecule has 1 amide bonds. The predicted molar refractivity (Wildman–Crippen MR) is 138 cm³/mol. The van der Waals surface area contributed by atoms with Crippen LogP contribution in [0.1, 0.15) is 22.3 Å². The molecule has 1 saturated heterocycles. The maximum absolute atomic E-state index is 14.9. The van der Waals surface area contributed by atoms with Crippen molar-refractivity contribution in [3.05, 3.63) is 82.3 Å². The first-order valence-corrected chi connectivity index (χ1v) is 13.0. The molecule has 1 fully saturated rings. The monoisotopic (exact) mass is 559 g/mol. The lowest BCUT2D eigenvalue weighted by atomic mass is 9.85. The zero-order valence-corrected chi connectivity index (χ0v) is 21.9. The van der Waals surface area contributed by atoms with Crippen molar-refractivity contribution in [3.63, 3.8) is 0 Å². The van der Waals surface area contributed by atoms with Crippen LogP contribution in [0.2, 0.25) is 5.02 Å². The van der Waals surface area contributed by atoms with Gasteiger partial charge in [0.05, 0.1) is 6.54 Å². The molecule has 198 valence electrons. The van der Waals surface area contributed by atoms with Crippen LogP contribution < -0.4 is 0 Å². The van der Waals surface area contributed by atoms with E-state index in [1.165, 1.54) is 23.4 Å². The first-order valence-electron chi connectivity index (χ1n) is 11.9. The second kappa shape index (κ2) is 10.8. The third-order valence-corrected chi connectivity index (χ3v) is 7.77. The average molecular weight is 560 g/mol. The number of hydrogen-bond donors (Lipinski definition) is 1. The van der Waals surface area contributed by atoms with E-state index in [0.29, 0.717) is 37.0 Å². The molecule has 2 atom stereocenters. The molecule has 4 aromatic rings. The first-order chi connectivity index (χ1) is 18.2. The summed E-state index contributed by atoms with van der Waals surface area (Å²) >= 11 is 6.98. The van der Waals surface area contributed by atoms with Gasteiger partial charge in [0.2, 0.25) is 5.01 Å². The molecule has 0 spiro atoms. The Balaban J connectivity index is 1.30. The Hall–Kier alpha value is -3.32. The summed E-state index contributed by atoms with van der Waals surface area (Å²) in [6.45, 7) is 3.31. The van der Waals surface area contributed by atoms with Crippen LogP contribution in [0.25, 0.3) is 11.4 Å². The summed E-state index contributed by atoms with van der Waals surface area (Å²) < 4.78 is 34.2. The van der Waals surface area contributed by atoms with Gasteiger partial charge in [-0.3, -0.25) is 9.69 Å². The van der Waals surface area contributed by atoms with E-state index in [-0.39, 0.29) is 23.0 Å². The number of hydrogen-bond acceptors (Lipinski definition) is 8. The number of carbonyl (C=O) groups excluding carboxylic acids is 1. The van der Waals surface area contributed by atoms with Crippen LogP contribution in [0.3, 0.4) is 0 Å². The lowest BCUT2D eigenvalue weighted by Gasteiger charge is -2.44. The third kappa shape index (κ3) is 5.30. The molecular weight excluding hydrogens is 536 g/mol. The van der Waals surface area contributed by atoms with Gasteiger partial charge in [0.1, 0.15) is 29.9 Å². The highest BCUT2D eigenvalue weighted by Crippen LogP contribution is 2.33. The number of nitrogens with zero attached hydrogens (tertiary/aromatic N) is 7. The van der Waals surface area contributed by atoms with E-state index < -0.39 is 23.3 Å². The molecule has 9 nitrogen and oxygen atoms in total. The van der Waals surface area contributed by atoms with E-state index in [1.54, 1.807) is 36.1 Å². The summed E-state index contributed by atoms with van der Waals surface area (Å²) in [6, 6.07) is 9.60. The molecule has 2 aromatic carbocycles. The fourth-order valence-electron chi connectivity index (χ4n) is 4.62. The number of carbonyl (C=O) groups is 1. The quantitative estimate of drug-likeness (QED) is 0.370. The zero-order valence-electron chi connectivity index (χ0n) is 20.3. The lowest BCUT2D eigenvalue weighted by Crippen LogP contribution is -2.58. The summed E-state index contributed by atoms with van der Waals surface area (Å²) in [5, 5.41) is 16.8. The molecule has 2 aromatic heterocycles. The Morgan fingerprint density at radius 1 is 1.16 bits per heavy atom. The van der Waals surface area contributed by atoms with Crippen LogP contribution in [-0.2, 0) is 12.1 Å². The second-order valence-electron chi connectivity index (χ2n) is 9.08. The van der Waals surface area contributed by atoms with Crippen LogP contribution in [-0.4, -0.2) is 77.2 Å². The molecule has 0 unspecified atom stereocenters. The van der Waals surface area contributed by atoms with Crippen molar-refractivity contribution >= 4 is 29.0 Å². The van der Waals surface area contributed by atoms with Gasteiger partial charge >= 0.3 is 0 Å². The fourth-order valence-corrected chi connectivity index (χ4v) is 5.40. The summed E-state index contributed by atoms with van der Waals surface area (Å²) in [4.78, 5) is 25.1. The Morgan fingerprint density at radius 2 is 1.89 bits per heavy atom. The summed E-state index contributed by atoms with van der Waals surface area (Å²) in [7, 11) is 0. The average Bonchev–Trinajstić information content (AvgIpc) is 3.61. The smallest absolute Gasteiger partial charge is 0.284 e. The number of aliphatic hydroxyl groups is 1. The maximum Gasteiger partial charge on any atom is 0.284 e. The van der Waals surface area contributed by atoms with Gasteiger partial charge < -0.3 is 10.0 Å². The highest BCUT2D eigenvalue weighted by Gasteiger charge is 2.43. The number of rotatable bonds is 7. The van der Waals surface area contributed by atoms with E-state index in [1.807, 2.05) is 4.90 Å². The lowest BCUT2D eigenvalue weighted by molar-refractivity contribution is -0.0719. The van der Waals surface area contributed by atoms with E-state index in [4.69, 9.17) is 11.6 Å². The molecule has 1 aliphatic rings. The van der Waals surface area contributed by atoms with Gasteiger partial charge in [-0.25, -0.2) is 23.4 Å². The molecule has 3 heterocycles. The number of aromatic nitrogens is 5. The van der Waals surface area contributed by atoms with E-state index in [0.717, 1.165) is 29.2 Å². The largest absolute Gasteiger partial charge is 0.381 e. The normalized spacial score (nSPS) is 16.8. The van der Waals surface area contributed by atoms with Gasteiger partial charge in [0.25, 0.3) is 5.91 Å². The summed E-state index contributed by atoms with van der Waals surface area (Å²) in [5.74, 6) is -1.34. The van der Waals surface area contributed by atoms with Crippen LogP contribution in [0, 0.1) is 11.6 Å². The number of halogens is 3.